The molecule has 0 bridgehead atoms. The van der Waals surface area contributed by atoms with Crippen LogP contribution in [0.3, 0.4) is 0 Å². The smallest absolute Gasteiger partial charge is 0.374 e. The van der Waals surface area contributed by atoms with Crippen LogP contribution in [-0.2, 0) is 5.60 Å². The fourth-order valence-electron chi connectivity index (χ4n) is 2.20. The number of alkyl halides is 5. The molecular weight excluding hydrogens is 451 g/mol. The summed E-state index contributed by atoms with van der Waals surface area (Å²) in [6, 6.07) is 10.0. The van der Waals surface area contributed by atoms with Gasteiger partial charge in [0.15, 0.2) is 5.60 Å². The molecule has 2 rings (SSSR count). The van der Waals surface area contributed by atoms with Gasteiger partial charge in [-0.1, -0.05) is 68.3 Å². The highest BCUT2D eigenvalue weighted by Gasteiger charge is 2.71. The number of hydrogen-bond acceptors (Lipinski definition) is 1. The van der Waals surface area contributed by atoms with Crippen LogP contribution in [0.5, 0.6) is 0 Å². The normalized spacial score (nSPS) is 13.2. The fourth-order valence-corrected chi connectivity index (χ4v) is 3.34. The van der Waals surface area contributed by atoms with Crippen molar-refractivity contribution in [3.8, 4) is 0 Å². The summed E-state index contributed by atoms with van der Waals surface area (Å²) in [6.45, 7) is 0. The molecule has 23 heavy (non-hydrogen) atoms. The number of aliphatic hydroxyl groups is 1. The van der Waals surface area contributed by atoms with E-state index in [4.69, 9.17) is 0 Å². The molecule has 0 aliphatic rings. The molecule has 0 aromatic heterocycles. The molecule has 0 heterocycles. The van der Waals surface area contributed by atoms with E-state index in [1.807, 2.05) is 0 Å². The van der Waals surface area contributed by atoms with Crippen LogP contribution in [0.4, 0.5) is 22.0 Å². The highest BCUT2D eigenvalue weighted by atomic mass is 79.9. The molecule has 0 unspecified atom stereocenters. The molecule has 0 saturated heterocycles. The Morgan fingerprint density at radius 3 is 1.35 bits per heavy atom. The van der Waals surface area contributed by atoms with Gasteiger partial charge in [0, 0.05) is 20.1 Å². The van der Waals surface area contributed by atoms with E-state index in [0.29, 0.717) is 0 Å². The molecule has 2 aromatic rings. The third-order valence-electron chi connectivity index (χ3n) is 3.34. The first kappa shape index (κ1) is 18.4. The molecule has 1 N–H and O–H groups in total. The van der Waals surface area contributed by atoms with Crippen molar-refractivity contribution in [3.05, 3.63) is 68.6 Å². The monoisotopic (exact) mass is 458 g/mol. The minimum atomic E-state index is -5.95. The van der Waals surface area contributed by atoms with Crippen LogP contribution in [0, 0.1) is 0 Å². The second-order valence-electron chi connectivity index (χ2n) is 4.74. The zero-order valence-corrected chi connectivity index (χ0v) is 14.4. The average molecular weight is 460 g/mol. The van der Waals surface area contributed by atoms with Crippen molar-refractivity contribution < 1.29 is 27.1 Å². The molecule has 0 fully saturated rings. The van der Waals surface area contributed by atoms with E-state index in [9.17, 15) is 27.1 Å². The summed E-state index contributed by atoms with van der Waals surface area (Å²) >= 11 is 5.87. The standard InChI is InChI=1S/C15H9Br2F5O/c16-11-7-3-1-5-9(11)13(23,14(18,19)15(20,21)22)10-6-2-4-8-12(10)17/h1-8,23H. The van der Waals surface area contributed by atoms with E-state index in [0.717, 1.165) is 12.1 Å². The van der Waals surface area contributed by atoms with E-state index in [1.54, 1.807) is 0 Å². The molecule has 0 spiro atoms. The van der Waals surface area contributed by atoms with Gasteiger partial charge in [0.05, 0.1) is 0 Å². The molecule has 0 radical (unpaired) electrons. The van der Waals surface area contributed by atoms with Gasteiger partial charge in [-0.25, -0.2) is 0 Å². The summed E-state index contributed by atoms with van der Waals surface area (Å²) < 4.78 is 67.5. The predicted molar refractivity (Wildman–Crippen MR) is 82.3 cm³/mol. The van der Waals surface area contributed by atoms with Crippen LogP contribution in [0.15, 0.2) is 57.5 Å². The first-order chi connectivity index (χ1) is 10.5. The molecule has 0 saturated carbocycles. The van der Waals surface area contributed by atoms with Gasteiger partial charge in [0.2, 0.25) is 0 Å². The van der Waals surface area contributed by atoms with Gasteiger partial charge >= 0.3 is 12.1 Å². The summed E-state index contributed by atoms with van der Waals surface area (Å²) in [5, 5.41) is 10.6. The molecule has 0 aliphatic carbocycles. The molecule has 0 amide bonds. The van der Waals surface area contributed by atoms with Gasteiger partial charge in [0.1, 0.15) is 0 Å². The van der Waals surface area contributed by atoms with Crippen LogP contribution < -0.4 is 0 Å². The summed E-state index contributed by atoms with van der Waals surface area (Å²) in [5.41, 5.74) is -4.78. The van der Waals surface area contributed by atoms with Gasteiger partial charge in [0.25, 0.3) is 0 Å². The molecule has 0 atom stereocenters. The average Bonchev–Trinajstić information content (AvgIpc) is 2.46. The SMILES string of the molecule is OC(c1ccccc1Br)(c1ccccc1Br)C(F)(F)C(F)(F)F. The highest BCUT2D eigenvalue weighted by molar-refractivity contribution is 9.10. The Kier molecular flexibility index (Phi) is 4.90. The Balaban J connectivity index is 2.87. The number of hydrogen-bond donors (Lipinski definition) is 1. The minimum Gasteiger partial charge on any atom is -0.374 e. The quantitative estimate of drug-likeness (QED) is 0.588. The highest BCUT2D eigenvalue weighted by Crippen LogP contribution is 2.54. The first-order valence-corrected chi connectivity index (χ1v) is 7.79. The lowest BCUT2D eigenvalue weighted by atomic mass is 9.80. The lowest BCUT2D eigenvalue weighted by Crippen LogP contribution is -2.55. The zero-order chi connectivity index (χ0) is 17.5. The predicted octanol–water partition coefficient (Wildman–Crippen LogP) is 5.65. The lowest BCUT2D eigenvalue weighted by Gasteiger charge is -2.38. The first-order valence-electron chi connectivity index (χ1n) is 6.20. The molecule has 124 valence electrons. The van der Waals surface area contributed by atoms with E-state index in [2.05, 4.69) is 31.9 Å². The van der Waals surface area contributed by atoms with Crippen molar-refractivity contribution in [1.82, 2.24) is 0 Å². The van der Waals surface area contributed by atoms with Gasteiger partial charge in [-0.3, -0.25) is 0 Å². The van der Waals surface area contributed by atoms with Gasteiger partial charge in [-0.2, -0.15) is 22.0 Å². The van der Waals surface area contributed by atoms with Crippen molar-refractivity contribution in [2.75, 3.05) is 0 Å². The topological polar surface area (TPSA) is 20.2 Å². The van der Waals surface area contributed by atoms with Crippen molar-refractivity contribution in [3.63, 3.8) is 0 Å². The molecule has 8 heteroatoms. The zero-order valence-electron chi connectivity index (χ0n) is 11.2. The van der Waals surface area contributed by atoms with Gasteiger partial charge in [-0.05, 0) is 12.1 Å². The van der Waals surface area contributed by atoms with Crippen LogP contribution in [0.2, 0.25) is 0 Å². The maximum Gasteiger partial charge on any atom is 0.457 e. The van der Waals surface area contributed by atoms with Gasteiger partial charge in [-0.15, -0.1) is 0 Å². The molecule has 1 nitrogen and oxygen atoms in total. The summed E-state index contributed by atoms with van der Waals surface area (Å²) in [7, 11) is 0. The summed E-state index contributed by atoms with van der Waals surface area (Å²) in [5.74, 6) is -5.42. The summed E-state index contributed by atoms with van der Waals surface area (Å²) in [6.07, 6.45) is -5.95. The third kappa shape index (κ3) is 2.92. The maximum atomic E-state index is 14.3. The van der Waals surface area contributed by atoms with Gasteiger partial charge < -0.3 is 5.11 Å². The van der Waals surface area contributed by atoms with E-state index >= 15 is 0 Å². The van der Waals surface area contributed by atoms with Crippen molar-refractivity contribution >= 4 is 31.9 Å². The van der Waals surface area contributed by atoms with Crippen molar-refractivity contribution in [2.45, 2.75) is 17.7 Å². The second kappa shape index (κ2) is 6.14. The molecule has 0 aliphatic heterocycles. The van der Waals surface area contributed by atoms with Crippen molar-refractivity contribution in [2.24, 2.45) is 0 Å². The fraction of sp³-hybridized carbons (Fsp3) is 0.200. The van der Waals surface area contributed by atoms with E-state index in [-0.39, 0.29) is 8.95 Å². The number of halogens is 7. The Morgan fingerprint density at radius 2 is 1.04 bits per heavy atom. The van der Waals surface area contributed by atoms with E-state index < -0.39 is 28.8 Å². The molecular formula is C15H9Br2F5O. The van der Waals surface area contributed by atoms with Crippen molar-refractivity contribution in [1.29, 1.82) is 0 Å². The Hall–Kier alpha value is -0.990. The van der Waals surface area contributed by atoms with E-state index in [1.165, 1.54) is 36.4 Å². The van der Waals surface area contributed by atoms with Crippen LogP contribution in [-0.4, -0.2) is 17.2 Å². The van der Waals surface area contributed by atoms with Crippen LogP contribution in [0.1, 0.15) is 11.1 Å². The lowest BCUT2D eigenvalue weighted by molar-refractivity contribution is -0.336. The second-order valence-corrected chi connectivity index (χ2v) is 6.45. The third-order valence-corrected chi connectivity index (χ3v) is 4.72. The number of benzene rings is 2. The minimum absolute atomic E-state index is 0.0674. The summed E-state index contributed by atoms with van der Waals surface area (Å²) in [4.78, 5) is 0. The molecule has 2 aromatic carbocycles. The Labute approximate surface area is 145 Å². The maximum absolute atomic E-state index is 14.3. The number of rotatable bonds is 3. The largest absolute Gasteiger partial charge is 0.457 e. The van der Waals surface area contributed by atoms with Crippen LogP contribution >= 0.6 is 31.9 Å². The van der Waals surface area contributed by atoms with Crippen LogP contribution in [0.25, 0.3) is 0 Å². The Bertz CT molecular complexity index is 670. The Morgan fingerprint density at radius 1 is 0.696 bits per heavy atom.